The van der Waals surface area contributed by atoms with Gasteiger partial charge in [0.2, 0.25) is 0 Å². The Morgan fingerprint density at radius 3 is 2.70 bits per heavy atom. The zero-order valence-corrected chi connectivity index (χ0v) is 13.6. The van der Waals surface area contributed by atoms with Crippen molar-refractivity contribution in [1.82, 2.24) is 14.9 Å². The van der Waals surface area contributed by atoms with Crippen LogP contribution in [0.4, 0.5) is 5.82 Å². The first-order chi connectivity index (χ1) is 11.4. The number of aryl methyl sites for hydroxylation is 1. The molecule has 1 saturated heterocycles. The van der Waals surface area contributed by atoms with Crippen LogP contribution in [0.25, 0.3) is 0 Å². The highest BCUT2D eigenvalue weighted by atomic mass is 16.5. The van der Waals surface area contributed by atoms with E-state index in [1.807, 2.05) is 6.07 Å². The van der Waals surface area contributed by atoms with Gasteiger partial charge in [0.05, 0.1) is 19.3 Å². The third-order valence-electron chi connectivity index (χ3n) is 4.23. The third kappa shape index (κ3) is 4.27. The summed E-state index contributed by atoms with van der Waals surface area (Å²) in [5.74, 6) is 0.894. The average molecular weight is 312 g/mol. The van der Waals surface area contributed by atoms with Gasteiger partial charge in [-0.3, -0.25) is 4.90 Å². The molecular weight excluding hydrogens is 288 g/mol. The van der Waals surface area contributed by atoms with Crippen LogP contribution in [0.2, 0.25) is 0 Å². The van der Waals surface area contributed by atoms with Crippen LogP contribution < -0.4 is 5.32 Å². The minimum absolute atomic E-state index is 0.320. The van der Waals surface area contributed by atoms with Crippen molar-refractivity contribution >= 4 is 5.82 Å². The lowest BCUT2D eigenvalue weighted by Gasteiger charge is -2.35. The summed E-state index contributed by atoms with van der Waals surface area (Å²) in [6, 6.07) is 13.0. The molecule has 1 aromatic carbocycles. The van der Waals surface area contributed by atoms with Gasteiger partial charge < -0.3 is 10.1 Å². The molecule has 1 aromatic heterocycles. The van der Waals surface area contributed by atoms with E-state index in [0.717, 1.165) is 50.8 Å². The predicted molar refractivity (Wildman–Crippen MR) is 91.5 cm³/mol. The maximum absolute atomic E-state index is 5.50. The van der Waals surface area contributed by atoms with E-state index in [2.05, 4.69) is 57.4 Å². The van der Waals surface area contributed by atoms with Crippen molar-refractivity contribution in [2.24, 2.45) is 0 Å². The number of morpholine rings is 1. The molecule has 0 aliphatic carbocycles. The Kier molecular flexibility index (Phi) is 5.56. The Labute approximate surface area is 137 Å². The predicted octanol–water partition coefficient (Wildman–Crippen LogP) is 2.52. The van der Waals surface area contributed by atoms with Gasteiger partial charge in [-0.1, -0.05) is 37.3 Å². The molecule has 3 rings (SSSR count). The van der Waals surface area contributed by atoms with Crippen molar-refractivity contribution < 1.29 is 4.74 Å². The number of rotatable bonds is 6. The van der Waals surface area contributed by atoms with Gasteiger partial charge in [-0.05, 0) is 12.0 Å². The molecule has 5 heteroatoms. The SMILES string of the molecule is CCc1cc(NCC(c2ccccc2)N2CCOCC2)ncn1. The molecule has 0 bridgehead atoms. The Hall–Kier alpha value is -1.98. The molecule has 1 aliphatic heterocycles. The highest BCUT2D eigenvalue weighted by Crippen LogP contribution is 2.22. The topological polar surface area (TPSA) is 50.3 Å². The molecule has 1 N–H and O–H groups in total. The van der Waals surface area contributed by atoms with Gasteiger partial charge in [0, 0.05) is 31.4 Å². The largest absolute Gasteiger partial charge is 0.379 e. The number of hydrogen-bond acceptors (Lipinski definition) is 5. The van der Waals surface area contributed by atoms with E-state index < -0.39 is 0 Å². The van der Waals surface area contributed by atoms with Gasteiger partial charge in [-0.15, -0.1) is 0 Å². The van der Waals surface area contributed by atoms with E-state index in [1.54, 1.807) is 6.33 Å². The Morgan fingerprint density at radius 2 is 1.96 bits per heavy atom. The summed E-state index contributed by atoms with van der Waals surface area (Å²) in [4.78, 5) is 11.1. The van der Waals surface area contributed by atoms with Crippen LogP contribution >= 0.6 is 0 Å². The molecule has 0 amide bonds. The van der Waals surface area contributed by atoms with Crippen molar-refractivity contribution in [3.63, 3.8) is 0 Å². The molecule has 1 atom stereocenters. The quantitative estimate of drug-likeness (QED) is 0.888. The van der Waals surface area contributed by atoms with E-state index in [9.17, 15) is 0 Å². The number of aromatic nitrogens is 2. The van der Waals surface area contributed by atoms with Gasteiger partial charge in [-0.25, -0.2) is 9.97 Å². The molecule has 122 valence electrons. The van der Waals surface area contributed by atoms with Crippen molar-refractivity contribution in [3.8, 4) is 0 Å². The lowest BCUT2D eigenvalue weighted by molar-refractivity contribution is 0.0187. The smallest absolute Gasteiger partial charge is 0.129 e. The molecule has 5 nitrogen and oxygen atoms in total. The summed E-state index contributed by atoms with van der Waals surface area (Å²) in [6.45, 7) is 6.46. The molecule has 0 radical (unpaired) electrons. The summed E-state index contributed by atoms with van der Waals surface area (Å²) in [6.07, 6.45) is 2.55. The summed E-state index contributed by atoms with van der Waals surface area (Å²) in [5.41, 5.74) is 2.39. The average Bonchev–Trinajstić information content (AvgIpc) is 2.64. The Morgan fingerprint density at radius 1 is 1.17 bits per heavy atom. The number of nitrogens with zero attached hydrogens (tertiary/aromatic N) is 3. The molecule has 0 spiro atoms. The second-order valence-electron chi connectivity index (χ2n) is 5.70. The fourth-order valence-corrected chi connectivity index (χ4v) is 2.91. The Bertz CT molecular complexity index is 599. The molecule has 1 unspecified atom stereocenters. The van der Waals surface area contributed by atoms with E-state index in [1.165, 1.54) is 5.56 Å². The first kappa shape index (κ1) is 15.9. The number of nitrogens with one attached hydrogen (secondary N) is 1. The Balaban J connectivity index is 1.72. The summed E-state index contributed by atoms with van der Waals surface area (Å²) in [7, 11) is 0. The van der Waals surface area contributed by atoms with Crippen LogP contribution in [0.15, 0.2) is 42.7 Å². The van der Waals surface area contributed by atoms with E-state index in [-0.39, 0.29) is 0 Å². The van der Waals surface area contributed by atoms with Gasteiger partial charge in [0.25, 0.3) is 0 Å². The lowest BCUT2D eigenvalue weighted by atomic mass is 10.0. The first-order valence-electron chi connectivity index (χ1n) is 8.28. The zero-order valence-electron chi connectivity index (χ0n) is 13.6. The fourth-order valence-electron chi connectivity index (χ4n) is 2.91. The standard InChI is InChI=1S/C18H24N4O/c1-2-16-12-18(21-14-20-16)19-13-17(15-6-4-3-5-7-15)22-8-10-23-11-9-22/h3-7,12,14,17H,2,8-11,13H2,1H3,(H,19,20,21). The van der Waals surface area contributed by atoms with Crippen molar-refractivity contribution in [3.05, 3.63) is 54.0 Å². The zero-order chi connectivity index (χ0) is 15.9. The molecule has 2 aromatic rings. The first-order valence-corrected chi connectivity index (χ1v) is 8.28. The minimum atomic E-state index is 0.320. The van der Waals surface area contributed by atoms with Crippen LogP contribution in [-0.4, -0.2) is 47.7 Å². The maximum Gasteiger partial charge on any atom is 0.129 e. The van der Waals surface area contributed by atoms with Crippen molar-refractivity contribution in [1.29, 1.82) is 0 Å². The van der Waals surface area contributed by atoms with Crippen molar-refractivity contribution in [2.75, 3.05) is 38.2 Å². The van der Waals surface area contributed by atoms with Gasteiger partial charge in [0.15, 0.2) is 0 Å². The maximum atomic E-state index is 5.50. The normalized spacial score (nSPS) is 16.9. The fraction of sp³-hybridized carbons (Fsp3) is 0.444. The second kappa shape index (κ2) is 8.04. The molecule has 1 aliphatic rings. The number of ether oxygens (including phenoxy) is 1. The summed E-state index contributed by atoms with van der Waals surface area (Å²) < 4.78 is 5.50. The molecule has 0 saturated carbocycles. The van der Waals surface area contributed by atoms with Crippen LogP contribution in [0.3, 0.4) is 0 Å². The van der Waals surface area contributed by atoms with Crippen LogP contribution in [-0.2, 0) is 11.2 Å². The number of hydrogen-bond donors (Lipinski definition) is 1. The summed E-state index contributed by atoms with van der Waals surface area (Å²) >= 11 is 0. The highest BCUT2D eigenvalue weighted by Gasteiger charge is 2.22. The monoisotopic (exact) mass is 312 g/mol. The van der Waals surface area contributed by atoms with Crippen LogP contribution in [0, 0.1) is 0 Å². The van der Waals surface area contributed by atoms with Gasteiger partial charge in [-0.2, -0.15) is 0 Å². The summed E-state index contributed by atoms with van der Waals surface area (Å²) in [5, 5.41) is 3.48. The van der Waals surface area contributed by atoms with Crippen LogP contribution in [0.1, 0.15) is 24.2 Å². The molecule has 1 fully saturated rings. The van der Waals surface area contributed by atoms with Gasteiger partial charge in [0.1, 0.15) is 12.1 Å². The second-order valence-corrected chi connectivity index (χ2v) is 5.70. The van der Waals surface area contributed by atoms with Crippen LogP contribution in [0.5, 0.6) is 0 Å². The third-order valence-corrected chi connectivity index (χ3v) is 4.23. The van der Waals surface area contributed by atoms with E-state index in [4.69, 9.17) is 4.74 Å². The van der Waals surface area contributed by atoms with E-state index in [0.29, 0.717) is 6.04 Å². The lowest BCUT2D eigenvalue weighted by Crippen LogP contribution is -2.41. The molecule has 2 heterocycles. The van der Waals surface area contributed by atoms with Crippen molar-refractivity contribution in [2.45, 2.75) is 19.4 Å². The number of anilines is 1. The molecule has 23 heavy (non-hydrogen) atoms. The highest BCUT2D eigenvalue weighted by molar-refractivity contribution is 5.36. The van der Waals surface area contributed by atoms with Gasteiger partial charge >= 0.3 is 0 Å². The van der Waals surface area contributed by atoms with E-state index >= 15 is 0 Å². The molecular formula is C18H24N4O. The number of benzene rings is 1. The minimum Gasteiger partial charge on any atom is -0.379 e.